The van der Waals surface area contributed by atoms with Gasteiger partial charge in [0.15, 0.2) is 0 Å². The number of hydrogen-bond donors (Lipinski definition) is 1. The van der Waals surface area contributed by atoms with Crippen molar-refractivity contribution in [1.82, 2.24) is 24.3 Å². The second-order valence-electron chi connectivity index (χ2n) is 8.40. The summed E-state index contributed by atoms with van der Waals surface area (Å²) in [6.45, 7) is 2.30. The normalized spacial score (nSPS) is 15.2. The van der Waals surface area contributed by atoms with Gasteiger partial charge < -0.3 is 10.6 Å². The van der Waals surface area contributed by atoms with E-state index in [0.29, 0.717) is 46.1 Å². The van der Waals surface area contributed by atoms with Crippen LogP contribution in [0.5, 0.6) is 0 Å². The van der Waals surface area contributed by atoms with Gasteiger partial charge in [0.2, 0.25) is 0 Å². The zero-order chi connectivity index (χ0) is 23.3. The highest BCUT2D eigenvalue weighted by Gasteiger charge is 2.33. The van der Waals surface area contributed by atoms with Crippen LogP contribution in [0.1, 0.15) is 47.4 Å². The third-order valence-corrected chi connectivity index (χ3v) is 6.05. The van der Waals surface area contributed by atoms with Crippen LogP contribution in [0.3, 0.4) is 0 Å². The van der Waals surface area contributed by atoms with E-state index in [-0.39, 0.29) is 5.91 Å². The van der Waals surface area contributed by atoms with Gasteiger partial charge in [-0.2, -0.15) is 13.2 Å². The van der Waals surface area contributed by atoms with E-state index in [1.807, 2.05) is 0 Å². The molecule has 3 aromatic heterocycles. The van der Waals surface area contributed by atoms with Gasteiger partial charge in [0, 0.05) is 18.3 Å². The molecular formula is C23H21F3N6O. The molecule has 1 aromatic carbocycles. The van der Waals surface area contributed by atoms with Crippen molar-refractivity contribution in [3.63, 3.8) is 0 Å². The van der Waals surface area contributed by atoms with E-state index in [2.05, 4.69) is 15.0 Å². The molecule has 1 saturated carbocycles. The van der Waals surface area contributed by atoms with E-state index in [4.69, 9.17) is 5.73 Å². The topological polar surface area (TPSA) is 89.4 Å². The smallest absolute Gasteiger partial charge is 0.382 e. The average molecular weight is 454 g/mol. The number of carbonyl (C=O) groups excluding carboxylic acids is 1. The third-order valence-electron chi connectivity index (χ3n) is 6.05. The van der Waals surface area contributed by atoms with Crippen LogP contribution in [-0.4, -0.2) is 36.7 Å². The number of alkyl halides is 3. The van der Waals surface area contributed by atoms with Crippen molar-refractivity contribution in [3.8, 4) is 0 Å². The first kappa shape index (κ1) is 21.2. The fraction of sp³-hybridized carbons (Fsp3) is 0.304. The lowest BCUT2D eigenvalue weighted by Crippen LogP contribution is -2.35. The Bertz CT molecular complexity index is 1340. The lowest BCUT2D eigenvalue weighted by Gasteiger charge is -2.29. The molecule has 5 rings (SSSR count). The van der Waals surface area contributed by atoms with Crippen LogP contribution >= 0.6 is 0 Å². The molecule has 1 aliphatic rings. The highest BCUT2D eigenvalue weighted by Crippen LogP contribution is 2.34. The van der Waals surface area contributed by atoms with E-state index in [0.717, 1.165) is 25.1 Å². The first-order valence-corrected chi connectivity index (χ1v) is 10.6. The molecule has 3 heterocycles. The maximum atomic E-state index is 13.6. The van der Waals surface area contributed by atoms with E-state index < -0.39 is 17.8 Å². The minimum Gasteiger partial charge on any atom is -0.382 e. The molecule has 33 heavy (non-hydrogen) atoms. The molecule has 0 radical (unpaired) electrons. The summed E-state index contributed by atoms with van der Waals surface area (Å²) in [5, 5.41) is 0. The van der Waals surface area contributed by atoms with Crippen molar-refractivity contribution in [2.75, 3.05) is 12.3 Å². The summed E-state index contributed by atoms with van der Waals surface area (Å²) in [6, 6.07) is 7.00. The van der Waals surface area contributed by atoms with Gasteiger partial charge in [0.05, 0.1) is 40.9 Å². The number of nitrogen functional groups attached to an aromatic ring is 1. The summed E-state index contributed by atoms with van der Waals surface area (Å²) in [5.41, 5.74) is 7.99. The quantitative estimate of drug-likeness (QED) is 0.480. The second-order valence-corrected chi connectivity index (χ2v) is 8.40. The Morgan fingerprint density at radius 1 is 1.21 bits per heavy atom. The van der Waals surface area contributed by atoms with Crippen molar-refractivity contribution >= 4 is 28.3 Å². The van der Waals surface area contributed by atoms with Crippen LogP contribution in [-0.2, 0) is 6.18 Å². The number of imidazole rings is 1. The van der Waals surface area contributed by atoms with Crippen LogP contribution in [0, 0.1) is 5.92 Å². The van der Waals surface area contributed by atoms with Crippen LogP contribution in [0.25, 0.3) is 16.6 Å². The summed E-state index contributed by atoms with van der Waals surface area (Å²) >= 11 is 0. The molecule has 1 aliphatic carbocycles. The molecule has 0 spiro atoms. The number of aromatic nitrogens is 4. The fourth-order valence-corrected chi connectivity index (χ4v) is 3.95. The molecular weight excluding hydrogens is 433 g/mol. The third kappa shape index (κ3) is 3.96. The Kier molecular flexibility index (Phi) is 4.95. The van der Waals surface area contributed by atoms with Crippen LogP contribution in [0.2, 0.25) is 0 Å². The van der Waals surface area contributed by atoms with Crippen LogP contribution < -0.4 is 5.73 Å². The van der Waals surface area contributed by atoms with E-state index >= 15 is 0 Å². The lowest BCUT2D eigenvalue weighted by molar-refractivity contribution is -0.137. The molecule has 10 heteroatoms. The van der Waals surface area contributed by atoms with Gasteiger partial charge in [-0.15, -0.1) is 0 Å². The van der Waals surface area contributed by atoms with E-state index in [9.17, 15) is 18.0 Å². The van der Waals surface area contributed by atoms with Gasteiger partial charge in [-0.3, -0.25) is 14.2 Å². The minimum absolute atomic E-state index is 0.219. The zero-order valence-electron chi connectivity index (χ0n) is 17.8. The van der Waals surface area contributed by atoms with Gasteiger partial charge in [-0.1, -0.05) is 0 Å². The summed E-state index contributed by atoms with van der Waals surface area (Å²) in [5.74, 6) is 0.507. The van der Waals surface area contributed by atoms with Crippen molar-refractivity contribution < 1.29 is 18.0 Å². The monoisotopic (exact) mass is 454 g/mol. The standard InChI is InChI=1S/C23H21F3N6O/c1-13(17-7-5-16(9-29-17)23(24,25)26)31(11-14-2-3-14)22(33)15-4-6-18-19(8-15)32-12-28-10-20(32)21(27)30-18/h4-10,12-14H,2-3,11H2,1H3,(H2,27,30). The van der Waals surface area contributed by atoms with Crippen molar-refractivity contribution in [2.24, 2.45) is 5.92 Å². The van der Waals surface area contributed by atoms with E-state index in [1.165, 1.54) is 6.07 Å². The predicted molar refractivity (Wildman–Crippen MR) is 116 cm³/mol. The number of carbonyl (C=O) groups is 1. The summed E-state index contributed by atoms with van der Waals surface area (Å²) in [7, 11) is 0. The predicted octanol–water partition coefficient (Wildman–Crippen LogP) is 4.49. The number of rotatable bonds is 5. The molecule has 0 saturated heterocycles. The first-order chi connectivity index (χ1) is 15.7. The number of halogens is 3. The molecule has 1 atom stereocenters. The van der Waals surface area contributed by atoms with Crippen LogP contribution in [0.15, 0.2) is 49.1 Å². The zero-order valence-corrected chi connectivity index (χ0v) is 17.8. The number of nitrogens with two attached hydrogens (primary N) is 1. The Hall–Kier alpha value is -3.69. The molecule has 1 fully saturated rings. The van der Waals surface area contributed by atoms with Gasteiger partial charge in [-0.05, 0) is 56.0 Å². The Morgan fingerprint density at radius 2 is 2.00 bits per heavy atom. The first-order valence-electron chi connectivity index (χ1n) is 10.6. The summed E-state index contributed by atoms with van der Waals surface area (Å²) in [6.07, 6.45) is 1.61. The maximum Gasteiger partial charge on any atom is 0.417 e. The van der Waals surface area contributed by atoms with Crippen molar-refractivity contribution in [3.05, 3.63) is 65.9 Å². The molecule has 1 unspecified atom stereocenters. The SMILES string of the molecule is CC(c1ccc(C(F)(F)F)cn1)N(CC1CC1)C(=O)c1ccc2nc(N)c3cncn3c2c1. The van der Waals surface area contributed by atoms with Crippen molar-refractivity contribution in [2.45, 2.75) is 32.0 Å². The van der Waals surface area contributed by atoms with Gasteiger partial charge in [0.25, 0.3) is 5.91 Å². The summed E-state index contributed by atoms with van der Waals surface area (Å²) in [4.78, 5) is 27.8. The number of benzene rings is 1. The Morgan fingerprint density at radius 3 is 2.67 bits per heavy atom. The molecule has 0 aliphatic heterocycles. The van der Waals surface area contributed by atoms with E-state index in [1.54, 1.807) is 46.9 Å². The number of hydrogen-bond acceptors (Lipinski definition) is 5. The van der Waals surface area contributed by atoms with Crippen molar-refractivity contribution in [1.29, 1.82) is 0 Å². The highest BCUT2D eigenvalue weighted by molar-refractivity contribution is 5.98. The molecule has 170 valence electrons. The van der Waals surface area contributed by atoms with Gasteiger partial charge >= 0.3 is 6.18 Å². The molecule has 0 bridgehead atoms. The number of fused-ring (bicyclic) bond motifs is 3. The number of amides is 1. The second kappa shape index (κ2) is 7.72. The molecule has 7 nitrogen and oxygen atoms in total. The highest BCUT2D eigenvalue weighted by atomic mass is 19.4. The van der Waals surface area contributed by atoms with Gasteiger partial charge in [-0.25, -0.2) is 9.97 Å². The number of anilines is 1. The maximum absolute atomic E-state index is 13.6. The Balaban J connectivity index is 1.50. The molecule has 2 N–H and O–H groups in total. The lowest BCUT2D eigenvalue weighted by atomic mass is 10.1. The number of nitrogens with zero attached hydrogens (tertiary/aromatic N) is 5. The molecule has 4 aromatic rings. The largest absolute Gasteiger partial charge is 0.417 e. The fourth-order valence-electron chi connectivity index (χ4n) is 3.95. The minimum atomic E-state index is -4.46. The Labute approximate surface area is 187 Å². The molecule has 1 amide bonds. The average Bonchev–Trinajstić information content (AvgIpc) is 3.47. The van der Waals surface area contributed by atoms with Crippen LogP contribution in [0.4, 0.5) is 19.0 Å². The van der Waals surface area contributed by atoms with Gasteiger partial charge in [0.1, 0.15) is 11.3 Å². The summed E-state index contributed by atoms with van der Waals surface area (Å²) < 4.78 is 40.6. The number of pyridine rings is 1.